The van der Waals surface area contributed by atoms with E-state index in [-0.39, 0.29) is 30.1 Å². The van der Waals surface area contributed by atoms with Gasteiger partial charge in [0.25, 0.3) is 0 Å². The molecule has 0 saturated carbocycles. The Hall–Kier alpha value is -4.26. The van der Waals surface area contributed by atoms with Gasteiger partial charge in [-0.15, -0.1) is 0 Å². The molecule has 7 heteroatoms. The molecule has 0 saturated heterocycles. The molecule has 1 heterocycles. The predicted molar refractivity (Wildman–Crippen MR) is 116 cm³/mol. The fraction of sp³-hybridized carbons (Fsp3) is 0.120. The van der Waals surface area contributed by atoms with Crippen LogP contribution in [-0.2, 0) is 11.2 Å². The summed E-state index contributed by atoms with van der Waals surface area (Å²) in [5.74, 6) is -0.0627. The number of phenolic OH excluding ortho intramolecular Hbond substituents is 1. The number of hydrogen-bond acceptors (Lipinski definition) is 6. The summed E-state index contributed by atoms with van der Waals surface area (Å²) in [5, 5.41) is 19.7. The maximum absolute atomic E-state index is 13.5. The molecule has 0 amide bonds. The third-order valence-electron chi connectivity index (χ3n) is 5.12. The first-order valence-corrected chi connectivity index (χ1v) is 9.79. The van der Waals surface area contributed by atoms with Crippen LogP contribution in [-0.4, -0.2) is 35.9 Å². The Kier molecular flexibility index (Phi) is 5.81. The first-order valence-electron chi connectivity index (χ1n) is 9.79. The number of carboxylic acids is 1. The number of aromatic hydroxyl groups is 1. The number of allylic oxidation sites excluding steroid dienone is 1. The maximum Gasteiger partial charge on any atom is 0.336 e. The Morgan fingerprint density at radius 3 is 2.22 bits per heavy atom. The molecule has 0 aliphatic carbocycles. The van der Waals surface area contributed by atoms with Crippen molar-refractivity contribution in [3.05, 3.63) is 89.0 Å². The molecule has 0 fully saturated rings. The SMILES string of the molecule is COc1ccc(C(=O)/C(Cc2ccc(O)cc2)=C(\C(=O)O)c2ccc3c(c2)OCO3)cc1. The van der Waals surface area contributed by atoms with Gasteiger partial charge >= 0.3 is 5.97 Å². The number of ether oxygens (including phenoxy) is 3. The average Bonchev–Trinajstić information content (AvgIpc) is 3.27. The van der Waals surface area contributed by atoms with Crippen molar-refractivity contribution >= 4 is 17.3 Å². The van der Waals surface area contributed by atoms with Crippen LogP contribution in [0.2, 0.25) is 0 Å². The van der Waals surface area contributed by atoms with E-state index in [1.807, 2.05) is 0 Å². The molecule has 7 nitrogen and oxygen atoms in total. The van der Waals surface area contributed by atoms with Crippen molar-refractivity contribution in [2.75, 3.05) is 13.9 Å². The van der Waals surface area contributed by atoms with Crippen LogP contribution in [0.25, 0.3) is 5.57 Å². The number of carbonyl (C=O) groups is 2. The van der Waals surface area contributed by atoms with E-state index in [0.29, 0.717) is 33.9 Å². The highest BCUT2D eigenvalue weighted by Crippen LogP contribution is 2.36. The van der Waals surface area contributed by atoms with Gasteiger partial charge in [0, 0.05) is 17.6 Å². The van der Waals surface area contributed by atoms with Crippen LogP contribution < -0.4 is 14.2 Å². The molecule has 1 aliphatic heterocycles. The van der Waals surface area contributed by atoms with Gasteiger partial charge in [0.05, 0.1) is 12.7 Å². The van der Waals surface area contributed by atoms with E-state index in [4.69, 9.17) is 14.2 Å². The Morgan fingerprint density at radius 2 is 1.56 bits per heavy atom. The molecule has 1 aliphatic rings. The second-order valence-corrected chi connectivity index (χ2v) is 7.13. The van der Waals surface area contributed by atoms with Crippen LogP contribution in [0.5, 0.6) is 23.0 Å². The quantitative estimate of drug-likeness (QED) is 0.428. The van der Waals surface area contributed by atoms with Crippen LogP contribution in [0.1, 0.15) is 21.5 Å². The molecule has 0 radical (unpaired) electrons. The summed E-state index contributed by atoms with van der Waals surface area (Å²) in [4.78, 5) is 25.9. The van der Waals surface area contributed by atoms with E-state index in [9.17, 15) is 19.8 Å². The van der Waals surface area contributed by atoms with Crippen molar-refractivity contribution in [1.82, 2.24) is 0 Å². The van der Waals surface area contributed by atoms with E-state index < -0.39 is 11.8 Å². The van der Waals surface area contributed by atoms with Gasteiger partial charge in [-0.25, -0.2) is 4.79 Å². The number of phenols is 1. The number of rotatable bonds is 7. The first kappa shape index (κ1) is 21.0. The van der Waals surface area contributed by atoms with Crippen molar-refractivity contribution < 1.29 is 34.0 Å². The maximum atomic E-state index is 13.5. The highest BCUT2D eigenvalue weighted by Gasteiger charge is 2.25. The minimum absolute atomic E-state index is 0.0516. The first-order chi connectivity index (χ1) is 15.5. The average molecular weight is 432 g/mol. The number of carbonyl (C=O) groups excluding carboxylic acids is 1. The summed E-state index contributed by atoms with van der Waals surface area (Å²) in [6, 6.07) is 17.5. The summed E-state index contributed by atoms with van der Waals surface area (Å²) in [5.41, 5.74) is 1.32. The van der Waals surface area contributed by atoms with Crippen LogP contribution in [0.4, 0.5) is 0 Å². The smallest absolute Gasteiger partial charge is 0.336 e. The number of aliphatic carboxylic acids is 1. The molecule has 3 aromatic rings. The number of benzene rings is 3. The lowest BCUT2D eigenvalue weighted by atomic mass is 9.89. The number of methoxy groups -OCH3 is 1. The van der Waals surface area contributed by atoms with Gasteiger partial charge in [-0.05, 0) is 59.7 Å². The summed E-state index contributed by atoms with van der Waals surface area (Å²) in [7, 11) is 1.52. The van der Waals surface area contributed by atoms with Gasteiger partial charge < -0.3 is 24.4 Å². The van der Waals surface area contributed by atoms with Gasteiger partial charge in [-0.1, -0.05) is 18.2 Å². The zero-order valence-corrected chi connectivity index (χ0v) is 17.2. The van der Waals surface area contributed by atoms with Gasteiger partial charge in [-0.2, -0.15) is 0 Å². The Balaban J connectivity index is 1.85. The molecule has 0 aromatic heterocycles. The van der Waals surface area contributed by atoms with Crippen molar-refractivity contribution in [3.8, 4) is 23.0 Å². The molecule has 0 unspecified atom stereocenters. The topological polar surface area (TPSA) is 102 Å². The van der Waals surface area contributed by atoms with Crippen molar-refractivity contribution in [1.29, 1.82) is 0 Å². The zero-order valence-electron chi connectivity index (χ0n) is 17.2. The second kappa shape index (κ2) is 8.85. The molecule has 0 atom stereocenters. The fourth-order valence-electron chi connectivity index (χ4n) is 3.50. The minimum Gasteiger partial charge on any atom is -0.508 e. The highest BCUT2D eigenvalue weighted by molar-refractivity contribution is 6.26. The molecular formula is C25H20O7. The molecule has 2 N–H and O–H groups in total. The zero-order chi connectivity index (χ0) is 22.7. The molecule has 4 rings (SSSR count). The highest BCUT2D eigenvalue weighted by atomic mass is 16.7. The number of Topliss-reactive ketones (excluding diaryl/α,β-unsaturated/α-hetero) is 1. The Labute approximate surface area is 184 Å². The summed E-state index contributed by atoms with van der Waals surface area (Å²) >= 11 is 0. The molecule has 0 spiro atoms. The van der Waals surface area contributed by atoms with Crippen LogP contribution >= 0.6 is 0 Å². The third-order valence-corrected chi connectivity index (χ3v) is 5.12. The molecule has 32 heavy (non-hydrogen) atoms. The number of ketones is 1. The number of hydrogen-bond donors (Lipinski definition) is 2. The van der Waals surface area contributed by atoms with Crippen LogP contribution in [0.15, 0.2) is 72.3 Å². The van der Waals surface area contributed by atoms with E-state index in [1.54, 1.807) is 54.6 Å². The fourth-order valence-corrected chi connectivity index (χ4v) is 3.50. The number of carboxylic acid groups (broad SMARTS) is 1. The van der Waals surface area contributed by atoms with Crippen LogP contribution in [0, 0.1) is 0 Å². The lowest BCUT2D eigenvalue weighted by Crippen LogP contribution is -2.14. The minimum atomic E-state index is -1.24. The predicted octanol–water partition coefficient (Wildman–Crippen LogP) is 4.09. The molecule has 162 valence electrons. The van der Waals surface area contributed by atoms with E-state index in [0.717, 1.165) is 0 Å². The molecule has 3 aromatic carbocycles. The summed E-state index contributed by atoms with van der Waals surface area (Å²) in [6.07, 6.45) is 0.0568. The van der Waals surface area contributed by atoms with Gasteiger partial charge in [-0.3, -0.25) is 4.79 Å². The Bertz CT molecular complexity index is 1190. The molecular weight excluding hydrogens is 412 g/mol. The van der Waals surface area contributed by atoms with Gasteiger partial charge in [0.15, 0.2) is 17.3 Å². The normalized spacial score (nSPS) is 12.8. The van der Waals surface area contributed by atoms with Crippen molar-refractivity contribution in [2.24, 2.45) is 0 Å². The largest absolute Gasteiger partial charge is 0.508 e. The van der Waals surface area contributed by atoms with E-state index in [1.165, 1.54) is 19.2 Å². The Morgan fingerprint density at radius 1 is 0.906 bits per heavy atom. The molecule has 0 bridgehead atoms. The summed E-state index contributed by atoms with van der Waals surface area (Å²) < 4.78 is 15.8. The van der Waals surface area contributed by atoms with Gasteiger partial charge in [0.2, 0.25) is 6.79 Å². The number of fused-ring (bicyclic) bond motifs is 1. The van der Waals surface area contributed by atoms with Crippen molar-refractivity contribution in [3.63, 3.8) is 0 Å². The lowest BCUT2D eigenvalue weighted by Gasteiger charge is -2.14. The second-order valence-electron chi connectivity index (χ2n) is 7.13. The standard InChI is InChI=1S/C25H20O7/c1-30-19-9-4-16(5-10-19)24(27)20(12-15-2-7-18(26)8-3-15)23(25(28)29)17-6-11-21-22(13-17)32-14-31-21/h2-11,13,26H,12,14H2,1H3,(H,28,29)/b23-20-. The van der Waals surface area contributed by atoms with E-state index in [2.05, 4.69) is 0 Å². The lowest BCUT2D eigenvalue weighted by molar-refractivity contribution is -0.130. The van der Waals surface area contributed by atoms with E-state index >= 15 is 0 Å². The van der Waals surface area contributed by atoms with Gasteiger partial charge in [0.1, 0.15) is 11.5 Å². The third kappa shape index (κ3) is 4.27. The monoisotopic (exact) mass is 432 g/mol. The summed E-state index contributed by atoms with van der Waals surface area (Å²) in [6.45, 7) is 0.0516. The van der Waals surface area contributed by atoms with Crippen LogP contribution in [0.3, 0.4) is 0 Å². The van der Waals surface area contributed by atoms with Crippen molar-refractivity contribution in [2.45, 2.75) is 6.42 Å².